The fourth-order valence-corrected chi connectivity index (χ4v) is 3.53. The summed E-state index contributed by atoms with van der Waals surface area (Å²) in [4.78, 5) is 12.6. The lowest BCUT2D eigenvalue weighted by atomic mass is 10.1. The number of carbonyl (C=O) groups excluding carboxylic acids is 1. The number of rotatable bonds is 8. The molecule has 3 aromatic rings. The van der Waals surface area contributed by atoms with Crippen LogP contribution in [0.2, 0.25) is 0 Å². The minimum atomic E-state index is -0.458. The number of anilines is 1. The minimum absolute atomic E-state index is 0.00426. The van der Waals surface area contributed by atoms with Crippen molar-refractivity contribution in [2.45, 2.75) is 34.3 Å². The number of benzene rings is 3. The van der Waals surface area contributed by atoms with Crippen LogP contribution in [0, 0.1) is 32.1 Å². The highest BCUT2D eigenvalue weighted by Gasteiger charge is 2.12. The number of nitriles is 1. The molecule has 5 nitrogen and oxygen atoms in total. The van der Waals surface area contributed by atoms with Crippen molar-refractivity contribution in [3.63, 3.8) is 0 Å². The van der Waals surface area contributed by atoms with Crippen LogP contribution in [0.15, 0.2) is 66.2 Å². The van der Waals surface area contributed by atoms with Crippen molar-refractivity contribution in [3.05, 3.63) is 94.1 Å². The van der Waals surface area contributed by atoms with E-state index in [4.69, 9.17) is 9.47 Å². The summed E-state index contributed by atoms with van der Waals surface area (Å²) in [6.07, 6.45) is 1.55. The molecule has 0 fully saturated rings. The van der Waals surface area contributed by atoms with Crippen LogP contribution in [-0.2, 0) is 11.4 Å². The fraction of sp³-hybridized carbons (Fsp3) is 0.214. The van der Waals surface area contributed by atoms with Crippen LogP contribution in [0.4, 0.5) is 5.69 Å². The summed E-state index contributed by atoms with van der Waals surface area (Å²) in [5.74, 6) is 0.711. The normalized spacial score (nSPS) is 10.9. The SMILES string of the molecule is CCOc1cc(/C=C(\C#N)C(=O)Nc2ccccc2C)ccc1OCc1cc(C)cc(C)c1. The zero-order valence-electron chi connectivity index (χ0n) is 19.4. The van der Waals surface area contributed by atoms with Crippen LogP contribution < -0.4 is 14.8 Å². The van der Waals surface area contributed by atoms with Crippen molar-refractivity contribution in [2.24, 2.45) is 0 Å². The largest absolute Gasteiger partial charge is 0.490 e. The second kappa shape index (κ2) is 11.0. The van der Waals surface area contributed by atoms with Crippen molar-refractivity contribution in [1.29, 1.82) is 5.26 Å². The summed E-state index contributed by atoms with van der Waals surface area (Å²) >= 11 is 0. The number of nitrogens with one attached hydrogen (secondary N) is 1. The maximum absolute atomic E-state index is 12.6. The molecule has 0 saturated heterocycles. The van der Waals surface area contributed by atoms with Crippen molar-refractivity contribution in [2.75, 3.05) is 11.9 Å². The van der Waals surface area contributed by atoms with Gasteiger partial charge >= 0.3 is 0 Å². The summed E-state index contributed by atoms with van der Waals surface area (Å²) in [6.45, 7) is 8.80. The van der Waals surface area contributed by atoms with Crippen LogP contribution in [0.25, 0.3) is 6.08 Å². The van der Waals surface area contributed by atoms with E-state index in [1.165, 1.54) is 11.1 Å². The molecule has 3 aromatic carbocycles. The predicted molar refractivity (Wildman–Crippen MR) is 131 cm³/mol. The summed E-state index contributed by atoms with van der Waals surface area (Å²) in [5.41, 5.74) is 5.73. The Labute approximate surface area is 195 Å². The van der Waals surface area contributed by atoms with Gasteiger partial charge in [-0.05, 0) is 68.7 Å². The Bertz CT molecular complexity index is 1200. The molecule has 0 aromatic heterocycles. The van der Waals surface area contributed by atoms with E-state index in [1.807, 2.05) is 38.1 Å². The molecule has 0 unspecified atom stereocenters. The van der Waals surface area contributed by atoms with Gasteiger partial charge in [-0.2, -0.15) is 5.26 Å². The van der Waals surface area contributed by atoms with Gasteiger partial charge in [0, 0.05) is 5.69 Å². The lowest BCUT2D eigenvalue weighted by Gasteiger charge is -2.13. The van der Waals surface area contributed by atoms with Crippen LogP contribution >= 0.6 is 0 Å². The molecule has 0 radical (unpaired) electrons. The van der Waals surface area contributed by atoms with E-state index < -0.39 is 5.91 Å². The number of ether oxygens (including phenoxy) is 2. The molecule has 1 amide bonds. The first-order valence-corrected chi connectivity index (χ1v) is 10.8. The van der Waals surface area contributed by atoms with Crippen LogP contribution in [-0.4, -0.2) is 12.5 Å². The first-order chi connectivity index (χ1) is 15.9. The van der Waals surface area contributed by atoms with E-state index >= 15 is 0 Å². The van der Waals surface area contributed by atoms with E-state index in [2.05, 4.69) is 37.4 Å². The highest BCUT2D eigenvalue weighted by molar-refractivity contribution is 6.10. The highest BCUT2D eigenvalue weighted by Crippen LogP contribution is 2.30. The number of para-hydroxylation sites is 1. The Morgan fingerprint density at radius 1 is 0.970 bits per heavy atom. The van der Waals surface area contributed by atoms with Crippen molar-refractivity contribution in [3.8, 4) is 17.6 Å². The van der Waals surface area contributed by atoms with Crippen molar-refractivity contribution >= 4 is 17.7 Å². The first kappa shape index (κ1) is 23.6. The Morgan fingerprint density at radius 2 is 1.70 bits per heavy atom. The second-order valence-corrected chi connectivity index (χ2v) is 7.86. The number of nitrogens with zero attached hydrogens (tertiary/aromatic N) is 1. The fourth-order valence-electron chi connectivity index (χ4n) is 3.53. The number of amides is 1. The molecule has 0 aliphatic carbocycles. The van der Waals surface area contributed by atoms with Gasteiger partial charge in [-0.1, -0.05) is 53.6 Å². The van der Waals surface area contributed by atoms with E-state index in [1.54, 1.807) is 30.3 Å². The standard InChI is InChI=1S/C28H28N2O3/c1-5-32-27-16-22(10-11-26(27)33-18-23-13-19(2)12-20(3)14-23)15-24(17-29)28(31)30-25-9-7-6-8-21(25)4/h6-16H,5,18H2,1-4H3,(H,30,31)/b24-15+. The van der Waals surface area contributed by atoms with Gasteiger partial charge in [0.25, 0.3) is 5.91 Å². The molecule has 0 saturated carbocycles. The average molecular weight is 441 g/mol. The van der Waals surface area contributed by atoms with Crippen LogP contribution in [0.1, 0.15) is 34.7 Å². The zero-order valence-corrected chi connectivity index (χ0v) is 19.4. The molecule has 3 rings (SSSR count). The second-order valence-electron chi connectivity index (χ2n) is 7.86. The van der Waals surface area contributed by atoms with Gasteiger partial charge < -0.3 is 14.8 Å². The van der Waals surface area contributed by atoms with Crippen LogP contribution in [0.5, 0.6) is 11.5 Å². The van der Waals surface area contributed by atoms with Crippen molar-refractivity contribution < 1.29 is 14.3 Å². The topological polar surface area (TPSA) is 71.3 Å². The molecule has 0 aliphatic rings. The Kier molecular flexibility index (Phi) is 7.88. The maximum atomic E-state index is 12.6. The average Bonchev–Trinajstić information content (AvgIpc) is 2.78. The quantitative estimate of drug-likeness (QED) is 0.338. The molecule has 1 N–H and O–H groups in total. The van der Waals surface area contributed by atoms with Gasteiger partial charge in [-0.3, -0.25) is 4.79 Å². The Hall–Kier alpha value is -4.04. The minimum Gasteiger partial charge on any atom is -0.490 e. The van der Waals surface area contributed by atoms with E-state index in [9.17, 15) is 10.1 Å². The van der Waals surface area contributed by atoms with Gasteiger partial charge in [0.05, 0.1) is 6.61 Å². The van der Waals surface area contributed by atoms with Crippen LogP contribution in [0.3, 0.4) is 0 Å². The predicted octanol–water partition coefficient (Wildman–Crippen LogP) is 6.14. The first-order valence-electron chi connectivity index (χ1n) is 10.8. The molecular weight excluding hydrogens is 412 g/mol. The van der Waals surface area contributed by atoms with Crippen molar-refractivity contribution in [1.82, 2.24) is 0 Å². The third kappa shape index (κ3) is 6.47. The van der Waals surface area contributed by atoms with Gasteiger partial charge in [0.15, 0.2) is 11.5 Å². The lowest BCUT2D eigenvalue weighted by Crippen LogP contribution is -2.14. The molecule has 5 heteroatoms. The summed E-state index contributed by atoms with van der Waals surface area (Å²) in [5, 5.41) is 12.3. The number of carbonyl (C=O) groups is 1. The summed E-state index contributed by atoms with van der Waals surface area (Å²) in [6, 6.07) is 21.1. The van der Waals surface area contributed by atoms with Gasteiger partial charge in [0.1, 0.15) is 18.2 Å². The van der Waals surface area contributed by atoms with E-state index in [0.29, 0.717) is 36.0 Å². The molecule has 0 heterocycles. The maximum Gasteiger partial charge on any atom is 0.266 e. The molecule has 0 spiro atoms. The number of hydrogen-bond donors (Lipinski definition) is 1. The van der Waals surface area contributed by atoms with Gasteiger partial charge in [-0.25, -0.2) is 0 Å². The van der Waals surface area contributed by atoms with E-state index in [0.717, 1.165) is 11.1 Å². The monoisotopic (exact) mass is 440 g/mol. The third-order valence-corrected chi connectivity index (χ3v) is 5.01. The third-order valence-electron chi connectivity index (χ3n) is 5.01. The number of hydrogen-bond acceptors (Lipinski definition) is 4. The molecule has 0 bridgehead atoms. The highest BCUT2D eigenvalue weighted by atomic mass is 16.5. The molecule has 168 valence electrons. The summed E-state index contributed by atoms with van der Waals surface area (Å²) < 4.78 is 11.8. The molecule has 0 aliphatic heterocycles. The van der Waals surface area contributed by atoms with Gasteiger partial charge in [-0.15, -0.1) is 0 Å². The Morgan fingerprint density at radius 3 is 2.36 bits per heavy atom. The summed E-state index contributed by atoms with van der Waals surface area (Å²) in [7, 11) is 0. The lowest BCUT2D eigenvalue weighted by molar-refractivity contribution is -0.112. The smallest absolute Gasteiger partial charge is 0.266 e. The molecule has 0 atom stereocenters. The van der Waals surface area contributed by atoms with E-state index in [-0.39, 0.29) is 5.57 Å². The molecule has 33 heavy (non-hydrogen) atoms. The Balaban J connectivity index is 1.80. The molecular formula is C28H28N2O3. The number of aryl methyl sites for hydroxylation is 3. The van der Waals surface area contributed by atoms with Gasteiger partial charge in [0.2, 0.25) is 0 Å². The zero-order chi connectivity index (χ0) is 23.8.